The van der Waals surface area contributed by atoms with Crippen LogP contribution in [0.1, 0.15) is 18.1 Å². The molecule has 2 aromatic rings. The van der Waals surface area contributed by atoms with Gasteiger partial charge in [-0.25, -0.2) is 0 Å². The van der Waals surface area contributed by atoms with Gasteiger partial charge < -0.3 is 14.3 Å². The van der Waals surface area contributed by atoms with Crippen molar-refractivity contribution in [1.29, 1.82) is 10.5 Å². The number of nitrogens with zero attached hydrogens (tertiary/aromatic N) is 3. The lowest BCUT2D eigenvalue weighted by molar-refractivity contribution is 0.339. The van der Waals surface area contributed by atoms with E-state index < -0.39 is 0 Å². The summed E-state index contributed by atoms with van der Waals surface area (Å²) in [6.07, 6.45) is 6.66. The Balaban J connectivity index is 2.48. The molecule has 0 atom stereocenters. The number of H-pyrrole nitrogens is 1. The van der Waals surface area contributed by atoms with Crippen LogP contribution in [-0.2, 0) is 0 Å². The summed E-state index contributed by atoms with van der Waals surface area (Å²) in [6.45, 7) is 2.35. The van der Waals surface area contributed by atoms with Gasteiger partial charge in [-0.05, 0) is 6.92 Å². The fraction of sp³-hybridized carbons (Fsp3) is 0.167. The lowest BCUT2D eigenvalue weighted by Crippen LogP contribution is -1.92. The number of ether oxygens (including phenoxy) is 1. The van der Waals surface area contributed by atoms with Gasteiger partial charge in [0.15, 0.2) is 5.75 Å². The Morgan fingerprint density at radius 2 is 2.00 bits per heavy atom. The van der Waals surface area contributed by atoms with Crippen LogP contribution < -0.4 is 4.74 Å². The molecule has 2 rings (SSSR count). The number of aromatic amines is 1. The Bertz CT molecular complexity index is 609. The van der Waals surface area contributed by atoms with Gasteiger partial charge in [0.25, 0.3) is 0 Å². The normalized spacial score (nSPS) is 9.59. The van der Waals surface area contributed by atoms with E-state index in [1.54, 1.807) is 29.4 Å². The minimum Gasteiger partial charge on any atom is -0.491 e. The maximum atomic E-state index is 8.97. The van der Waals surface area contributed by atoms with E-state index in [-0.39, 0.29) is 0 Å². The zero-order valence-electron chi connectivity index (χ0n) is 9.27. The van der Waals surface area contributed by atoms with Gasteiger partial charge >= 0.3 is 0 Å². The average molecular weight is 226 g/mol. The highest BCUT2D eigenvalue weighted by Gasteiger charge is 2.11. The maximum Gasteiger partial charge on any atom is 0.155 e. The molecule has 0 radical (unpaired) electrons. The first-order valence-corrected chi connectivity index (χ1v) is 5.12. The van der Waals surface area contributed by atoms with E-state index in [9.17, 15) is 0 Å². The van der Waals surface area contributed by atoms with Gasteiger partial charge in [0.05, 0.1) is 24.1 Å². The van der Waals surface area contributed by atoms with Gasteiger partial charge in [-0.1, -0.05) is 0 Å². The third kappa shape index (κ3) is 1.86. The van der Waals surface area contributed by atoms with Gasteiger partial charge in [-0.2, -0.15) is 10.5 Å². The SMILES string of the molecule is CCOc1cn(-c2c[nH]cc2C#N)cc1C#N. The summed E-state index contributed by atoms with van der Waals surface area (Å²) < 4.78 is 7.05. The van der Waals surface area contributed by atoms with Gasteiger partial charge in [0.2, 0.25) is 0 Å². The number of hydrogen-bond acceptors (Lipinski definition) is 3. The number of nitrogens with one attached hydrogen (secondary N) is 1. The Morgan fingerprint density at radius 1 is 1.24 bits per heavy atom. The van der Waals surface area contributed by atoms with E-state index in [1.165, 1.54) is 0 Å². The van der Waals surface area contributed by atoms with Crippen molar-refractivity contribution in [2.24, 2.45) is 0 Å². The molecule has 1 N–H and O–H groups in total. The van der Waals surface area contributed by atoms with Crippen LogP contribution >= 0.6 is 0 Å². The molecule has 0 unspecified atom stereocenters. The zero-order valence-corrected chi connectivity index (χ0v) is 9.27. The molecule has 0 aliphatic rings. The molecule has 0 spiro atoms. The van der Waals surface area contributed by atoms with Crippen LogP contribution in [-0.4, -0.2) is 16.2 Å². The summed E-state index contributed by atoms with van der Waals surface area (Å²) in [5.41, 5.74) is 1.68. The van der Waals surface area contributed by atoms with Crippen LogP contribution in [0.4, 0.5) is 0 Å². The molecule has 0 saturated heterocycles. The Labute approximate surface area is 98.5 Å². The molecule has 5 nitrogen and oxygen atoms in total. The Morgan fingerprint density at radius 3 is 2.65 bits per heavy atom. The van der Waals surface area contributed by atoms with Crippen molar-refractivity contribution in [1.82, 2.24) is 9.55 Å². The molecule has 0 fully saturated rings. The topological polar surface area (TPSA) is 77.5 Å². The molecule has 0 saturated carbocycles. The van der Waals surface area contributed by atoms with Crippen molar-refractivity contribution in [3.05, 3.63) is 35.9 Å². The van der Waals surface area contributed by atoms with Gasteiger partial charge in [-0.3, -0.25) is 0 Å². The Hall–Kier alpha value is -2.66. The third-order valence-corrected chi connectivity index (χ3v) is 2.33. The van der Waals surface area contributed by atoms with Crippen LogP contribution in [0.25, 0.3) is 5.69 Å². The zero-order chi connectivity index (χ0) is 12.3. The minimum absolute atomic E-state index is 0.455. The molecule has 0 aliphatic heterocycles. The smallest absolute Gasteiger partial charge is 0.155 e. The molecule has 5 heteroatoms. The van der Waals surface area contributed by atoms with Crippen molar-refractivity contribution >= 4 is 0 Å². The first-order chi connectivity index (χ1) is 8.30. The summed E-state index contributed by atoms with van der Waals surface area (Å²) in [5, 5.41) is 17.9. The minimum atomic E-state index is 0.455. The average Bonchev–Trinajstić information content (AvgIpc) is 2.94. The number of rotatable bonds is 3. The highest BCUT2D eigenvalue weighted by Crippen LogP contribution is 2.23. The number of nitriles is 2. The summed E-state index contributed by atoms with van der Waals surface area (Å²) in [4.78, 5) is 2.86. The number of aromatic nitrogens is 2. The lowest BCUT2D eigenvalue weighted by atomic mass is 10.3. The first-order valence-electron chi connectivity index (χ1n) is 5.12. The standard InChI is InChI=1S/C12H10N4O/c1-2-17-12-8-16(7-10(12)4-14)11-6-15-5-9(11)3-13/h5-8,15H,2H2,1H3. The lowest BCUT2D eigenvalue weighted by Gasteiger charge is -1.99. The summed E-state index contributed by atoms with van der Waals surface area (Å²) >= 11 is 0. The first kappa shape index (κ1) is 10.8. The molecular formula is C12H10N4O. The van der Waals surface area contributed by atoms with Crippen LogP contribution in [0.15, 0.2) is 24.8 Å². The maximum absolute atomic E-state index is 8.97. The van der Waals surface area contributed by atoms with Gasteiger partial charge in [-0.15, -0.1) is 0 Å². The third-order valence-electron chi connectivity index (χ3n) is 2.33. The van der Waals surface area contributed by atoms with Crippen LogP contribution in [0.5, 0.6) is 5.75 Å². The molecule has 2 heterocycles. The second-order valence-electron chi connectivity index (χ2n) is 3.35. The van der Waals surface area contributed by atoms with E-state index in [4.69, 9.17) is 15.3 Å². The van der Waals surface area contributed by atoms with E-state index >= 15 is 0 Å². The monoisotopic (exact) mass is 226 g/mol. The quantitative estimate of drug-likeness (QED) is 0.868. The largest absolute Gasteiger partial charge is 0.491 e. The fourth-order valence-corrected chi connectivity index (χ4v) is 1.59. The van der Waals surface area contributed by atoms with Crippen LogP contribution in [0.3, 0.4) is 0 Å². The van der Waals surface area contributed by atoms with Gasteiger partial charge in [0, 0.05) is 18.6 Å². The second-order valence-corrected chi connectivity index (χ2v) is 3.35. The Kier molecular flexibility index (Phi) is 2.85. The molecule has 84 valence electrons. The second kappa shape index (κ2) is 4.46. The van der Waals surface area contributed by atoms with E-state index in [1.807, 2.05) is 6.92 Å². The molecule has 0 aliphatic carbocycles. The van der Waals surface area contributed by atoms with Crippen molar-refractivity contribution in [3.63, 3.8) is 0 Å². The summed E-state index contributed by atoms with van der Waals surface area (Å²) in [6, 6.07) is 4.14. The van der Waals surface area contributed by atoms with E-state index in [0.29, 0.717) is 29.2 Å². The molecule has 0 amide bonds. The van der Waals surface area contributed by atoms with Crippen molar-refractivity contribution in [3.8, 4) is 23.6 Å². The highest BCUT2D eigenvalue weighted by atomic mass is 16.5. The van der Waals surface area contributed by atoms with Gasteiger partial charge in [0.1, 0.15) is 17.7 Å². The summed E-state index contributed by atoms with van der Waals surface area (Å²) in [5.74, 6) is 0.528. The molecule has 0 bridgehead atoms. The predicted molar refractivity (Wildman–Crippen MR) is 60.7 cm³/mol. The van der Waals surface area contributed by atoms with Crippen molar-refractivity contribution in [2.45, 2.75) is 6.92 Å². The predicted octanol–water partition coefficient (Wildman–Crippen LogP) is 1.95. The summed E-state index contributed by atoms with van der Waals surface area (Å²) in [7, 11) is 0. The van der Waals surface area contributed by atoms with Crippen molar-refractivity contribution < 1.29 is 4.74 Å². The molecule has 2 aromatic heterocycles. The van der Waals surface area contributed by atoms with E-state index in [0.717, 1.165) is 0 Å². The molecule has 0 aromatic carbocycles. The van der Waals surface area contributed by atoms with Crippen LogP contribution in [0.2, 0.25) is 0 Å². The van der Waals surface area contributed by atoms with Crippen LogP contribution in [0, 0.1) is 22.7 Å². The highest BCUT2D eigenvalue weighted by molar-refractivity contribution is 5.51. The number of hydrogen-bond donors (Lipinski definition) is 1. The molecule has 17 heavy (non-hydrogen) atoms. The van der Waals surface area contributed by atoms with E-state index in [2.05, 4.69) is 17.1 Å². The molecular weight excluding hydrogens is 216 g/mol. The van der Waals surface area contributed by atoms with Crippen molar-refractivity contribution in [2.75, 3.05) is 6.61 Å². The fourth-order valence-electron chi connectivity index (χ4n) is 1.59.